The van der Waals surface area contributed by atoms with E-state index < -0.39 is 10.0 Å². The second-order valence-electron chi connectivity index (χ2n) is 9.40. The Balaban J connectivity index is 1.61. The maximum absolute atomic E-state index is 13.6. The third kappa shape index (κ3) is 5.56. The molecule has 194 valence electrons. The average Bonchev–Trinajstić information content (AvgIpc) is 3.32. The first-order valence-corrected chi connectivity index (χ1v) is 14.5. The van der Waals surface area contributed by atoms with E-state index in [9.17, 15) is 13.2 Å². The average molecular weight is 531 g/mol. The lowest BCUT2D eigenvalue weighted by atomic mass is 9.96. The van der Waals surface area contributed by atoms with Crippen LogP contribution in [0.4, 0.5) is 5.13 Å². The minimum Gasteiger partial charge on any atom is -0.494 e. The first-order chi connectivity index (χ1) is 17.2. The smallest absolute Gasteiger partial charge is 0.260 e. The lowest BCUT2D eigenvalue weighted by Crippen LogP contribution is -2.38. The molecule has 0 aliphatic heterocycles. The summed E-state index contributed by atoms with van der Waals surface area (Å²) in [5.74, 6) is 0.436. The van der Waals surface area contributed by atoms with Crippen molar-refractivity contribution in [2.75, 3.05) is 46.2 Å². The van der Waals surface area contributed by atoms with E-state index in [0.29, 0.717) is 29.5 Å². The van der Waals surface area contributed by atoms with E-state index in [2.05, 4.69) is 0 Å². The summed E-state index contributed by atoms with van der Waals surface area (Å²) in [4.78, 5) is 22.2. The molecule has 36 heavy (non-hydrogen) atoms. The zero-order valence-corrected chi connectivity index (χ0v) is 22.9. The van der Waals surface area contributed by atoms with E-state index in [1.54, 1.807) is 31.2 Å². The van der Waals surface area contributed by atoms with Gasteiger partial charge in [-0.05, 0) is 63.3 Å². The maximum atomic E-state index is 13.6. The highest BCUT2D eigenvalue weighted by Gasteiger charge is 2.29. The van der Waals surface area contributed by atoms with Crippen LogP contribution in [0.15, 0.2) is 47.4 Å². The molecule has 0 N–H and O–H groups in total. The largest absolute Gasteiger partial charge is 0.494 e. The second-order valence-corrected chi connectivity index (χ2v) is 12.4. The number of hydrogen-bond acceptors (Lipinski definition) is 7. The molecule has 0 spiro atoms. The van der Waals surface area contributed by atoms with Gasteiger partial charge in [-0.1, -0.05) is 36.7 Å². The Kier molecular flexibility index (Phi) is 8.29. The fourth-order valence-electron chi connectivity index (χ4n) is 4.51. The van der Waals surface area contributed by atoms with Crippen LogP contribution >= 0.6 is 11.3 Å². The maximum Gasteiger partial charge on any atom is 0.260 e. The Bertz CT molecular complexity index is 1300. The highest BCUT2D eigenvalue weighted by atomic mass is 32.2. The van der Waals surface area contributed by atoms with Gasteiger partial charge in [0.1, 0.15) is 11.3 Å². The number of benzene rings is 2. The van der Waals surface area contributed by atoms with Crippen LogP contribution in [0.5, 0.6) is 5.75 Å². The Labute approximate surface area is 217 Å². The summed E-state index contributed by atoms with van der Waals surface area (Å²) in [6.45, 7) is 1.09. The van der Waals surface area contributed by atoms with Crippen LogP contribution in [-0.4, -0.2) is 75.9 Å². The summed E-state index contributed by atoms with van der Waals surface area (Å²) in [6, 6.07) is 12.0. The molecule has 0 atom stereocenters. The predicted molar refractivity (Wildman–Crippen MR) is 145 cm³/mol. The number of sulfonamides is 1. The second kappa shape index (κ2) is 11.2. The van der Waals surface area contributed by atoms with Crippen LogP contribution < -0.4 is 9.64 Å². The van der Waals surface area contributed by atoms with Crippen LogP contribution in [-0.2, 0) is 10.0 Å². The van der Waals surface area contributed by atoms with E-state index in [0.717, 1.165) is 42.3 Å². The van der Waals surface area contributed by atoms with Gasteiger partial charge in [0, 0.05) is 31.7 Å². The fourth-order valence-corrected chi connectivity index (χ4v) is 6.93. The minimum absolute atomic E-state index is 0.0302. The number of nitrogens with zero attached hydrogens (tertiary/aromatic N) is 4. The quantitative estimate of drug-likeness (QED) is 0.406. The summed E-state index contributed by atoms with van der Waals surface area (Å²) in [7, 11) is 3.54. The number of carbonyl (C=O) groups excluding carboxylic acids is 1. The molecule has 1 aliphatic carbocycles. The third-order valence-electron chi connectivity index (χ3n) is 6.70. The van der Waals surface area contributed by atoms with Crippen molar-refractivity contribution >= 4 is 42.6 Å². The molecule has 0 unspecified atom stereocenters. The molecule has 8 nitrogen and oxygen atoms in total. The fraction of sp³-hybridized carbons (Fsp3) is 0.462. The molecular formula is C26H34N4O4S2. The SMILES string of the molecule is COc1cccc2sc(N(CCN(C)C)C(=O)c3ccc(S(=O)(=O)N(C)C4CCCCC4)cc3)nc12. The van der Waals surface area contributed by atoms with Gasteiger partial charge in [-0.2, -0.15) is 4.31 Å². The number of anilines is 1. The number of rotatable bonds is 9. The van der Waals surface area contributed by atoms with Gasteiger partial charge in [0.25, 0.3) is 5.91 Å². The first-order valence-electron chi connectivity index (χ1n) is 12.2. The number of aromatic nitrogens is 1. The van der Waals surface area contributed by atoms with Gasteiger partial charge < -0.3 is 9.64 Å². The standard InChI is InChI=1S/C26H34N4O4S2/c1-28(2)17-18-30(26-27-24-22(34-4)11-8-12-23(24)35-26)25(31)19-13-15-21(16-14-19)36(32,33)29(3)20-9-6-5-7-10-20/h8,11-16,20H,5-7,9-10,17-18H2,1-4H3. The van der Waals surface area contributed by atoms with Crippen molar-refractivity contribution in [2.45, 2.75) is 43.0 Å². The number of hydrogen-bond donors (Lipinski definition) is 0. The van der Waals surface area contributed by atoms with E-state index in [4.69, 9.17) is 9.72 Å². The molecule has 0 bridgehead atoms. The number of likely N-dealkylation sites (N-methyl/N-ethyl adjacent to an activating group) is 1. The number of ether oxygens (including phenoxy) is 1. The van der Waals surface area contributed by atoms with Crippen molar-refractivity contribution in [3.63, 3.8) is 0 Å². The van der Waals surface area contributed by atoms with Crippen molar-refractivity contribution in [3.05, 3.63) is 48.0 Å². The van der Waals surface area contributed by atoms with E-state index in [1.807, 2.05) is 37.2 Å². The third-order valence-corrected chi connectivity index (χ3v) is 9.67. The lowest BCUT2D eigenvalue weighted by Gasteiger charge is -2.30. The van der Waals surface area contributed by atoms with Crippen molar-refractivity contribution < 1.29 is 17.9 Å². The number of thiazole rings is 1. The summed E-state index contributed by atoms with van der Waals surface area (Å²) < 4.78 is 34.3. The number of methoxy groups -OCH3 is 1. The van der Waals surface area contributed by atoms with Crippen LogP contribution in [0.2, 0.25) is 0 Å². The minimum atomic E-state index is -3.62. The molecule has 0 saturated heterocycles. The molecule has 1 saturated carbocycles. The molecule has 1 amide bonds. The zero-order chi connectivity index (χ0) is 25.9. The summed E-state index contributed by atoms with van der Waals surface area (Å²) in [6.07, 6.45) is 5.05. The van der Waals surface area contributed by atoms with E-state index in [-0.39, 0.29) is 16.8 Å². The van der Waals surface area contributed by atoms with Gasteiger partial charge in [-0.15, -0.1) is 0 Å². The lowest BCUT2D eigenvalue weighted by molar-refractivity contribution is 0.0985. The zero-order valence-electron chi connectivity index (χ0n) is 21.3. The Morgan fingerprint density at radius 3 is 2.36 bits per heavy atom. The first kappa shape index (κ1) is 26.5. The van der Waals surface area contributed by atoms with E-state index >= 15 is 0 Å². The predicted octanol–water partition coefficient (Wildman–Crippen LogP) is 4.47. The molecule has 1 heterocycles. The molecule has 1 fully saturated rings. The van der Waals surface area contributed by atoms with Crippen molar-refractivity contribution in [3.8, 4) is 5.75 Å². The molecule has 3 aromatic rings. The van der Waals surface area contributed by atoms with Gasteiger partial charge in [0.2, 0.25) is 10.0 Å². The van der Waals surface area contributed by atoms with Crippen molar-refractivity contribution in [2.24, 2.45) is 0 Å². The highest BCUT2D eigenvalue weighted by Crippen LogP contribution is 2.35. The molecule has 10 heteroatoms. The number of para-hydroxylation sites is 1. The van der Waals surface area contributed by atoms with Gasteiger partial charge in [0.15, 0.2) is 5.13 Å². The molecule has 0 radical (unpaired) electrons. The normalized spacial score (nSPS) is 15.1. The van der Waals surface area contributed by atoms with Gasteiger partial charge in [0.05, 0.1) is 16.7 Å². The molecule has 1 aromatic heterocycles. The monoisotopic (exact) mass is 530 g/mol. The Hall–Kier alpha value is -2.53. The van der Waals surface area contributed by atoms with Crippen LogP contribution in [0.25, 0.3) is 10.2 Å². The molecular weight excluding hydrogens is 496 g/mol. The van der Waals surface area contributed by atoms with Crippen molar-refractivity contribution in [1.29, 1.82) is 0 Å². The number of amides is 1. The summed E-state index contributed by atoms with van der Waals surface area (Å²) >= 11 is 1.43. The van der Waals surface area contributed by atoms with Crippen LogP contribution in [0, 0.1) is 0 Å². The topological polar surface area (TPSA) is 83.0 Å². The molecule has 1 aliphatic rings. The Morgan fingerprint density at radius 1 is 1.03 bits per heavy atom. The number of fused-ring (bicyclic) bond motifs is 1. The van der Waals surface area contributed by atoms with Gasteiger partial charge in [-0.3, -0.25) is 9.69 Å². The molecule has 2 aromatic carbocycles. The number of carbonyl (C=O) groups is 1. The summed E-state index contributed by atoms with van der Waals surface area (Å²) in [5, 5.41) is 0.579. The Morgan fingerprint density at radius 2 is 1.72 bits per heavy atom. The van der Waals surface area contributed by atoms with Crippen LogP contribution in [0.1, 0.15) is 42.5 Å². The summed E-state index contributed by atoms with van der Waals surface area (Å²) in [5.41, 5.74) is 1.13. The highest BCUT2D eigenvalue weighted by molar-refractivity contribution is 7.89. The molecule has 4 rings (SSSR count). The van der Waals surface area contributed by atoms with E-state index in [1.165, 1.54) is 27.8 Å². The van der Waals surface area contributed by atoms with Crippen molar-refractivity contribution in [1.82, 2.24) is 14.2 Å². The van der Waals surface area contributed by atoms with Gasteiger partial charge >= 0.3 is 0 Å². The van der Waals surface area contributed by atoms with Crippen LogP contribution in [0.3, 0.4) is 0 Å². The van der Waals surface area contributed by atoms with Gasteiger partial charge in [-0.25, -0.2) is 13.4 Å².